The van der Waals surface area contributed by atoms with E-state index >= 15 is 0 Å². The topological polar surface area (TPSA) is 183 Å². The van der Waals surface area contributed by atoms with E-state index in [4.69, 9.17) is 0 Å². The molecule has 192 valence electrons. The van der Waals surface area contributed by atoms with Crippen LogP contribution in [0.4, 0.5) is 0 Å². The Morgan fingerprint density at radius 3 is 2.62 bits per heavy atom. The first-order valence-corrected chi connectivity index (χ1v) is 12.8. The summed E-state index contributed by atoms with van der Waals surface area (Å²) in [5.74, 6) is -3.27. The predicted molar refractivity (Wildman–Crippen MR) is 132 cm³/mol. The van der Waals surface area contributed by atoms with Gasteiger partial charge < -0.3 is 20.6 Å². The Labute approximate surface area is 215 Å². The maximum atomic E-state index is 13.3. The molecule has 3 amide bonds. The highest BCUT2D eigenvalue weighted by molar-refractivity contribution is 8.01. The van der Waals surface area contributed by atoms with Crippen LogP contribution in [0, 0.1) is 0 Å². The number of carboxylic acid groups (broad SMARTS) is 1. The zero-order valence-electron chi connectivity index (χ0n) is 19.3. The molecule has 1 unspecified atom stereocenters. The molecule has 0 aromatic carbocycles. The molecule has 0 radical (unpaired) electrons. The van der Waals surface area contributed by atoms with E-state index in [9.17, 15) is 33.9 Å². The van der Waals surface area contributed by atoms with Gasteiger partial charge in [0, 0.05) is 17.0 Å². The third-order valence-corrected chi connectivity index (χ3v) is 8.50. The fourth-order valence-electron chi connectivity index (χ4n) is 4.48. The van der Waals surface area contributed by atoms with Crippen molar-refractivity contribution in [2.45, 2.75) is 42.1 Å². The molecule has 0 bridgehead atoms. The number of hydrogen-bond acceptors (Lipinski definition) is 9. The maximum Gasteiger partial charge on any atom is 0.327 e. The van der Waals surface area contributed by atoms with Gasteiger partial charge in [0.15, 0.2) is 5.65 Å². The summed E-state index contributed by atoms with van der Waals surface area (Å²) >= 11 is 2.55. The van der Waals surface area contributed by atoms with E-state index in [-0.39, 0.29) is 5.65 Å². The molecule has 2 saturated heterocycles. The molecule has 3 aromatic rings. The van der Waals surface area contributed by atoms with Gasteiger partial charge in [-0.2, -0.15) is 15.9 Å². The highest BCUT2D eigenvalue weighted by atomic mass is 32.2. The summed E-state index contributed by atoms with van der Waals surface area (Å²) in [6.07, 6.45) is 1.05. The van der Waals surface area contributed by atoms with E-state index in [2.05, 4.69) is 20.7 Å². The Bertz CT molecular complexity index is 1560. The summed E-state index contributed by atoms with van der Waals surface area (Å²) in [5, 5.41) is 19.8. The number of aromatic nitrogens is 3. The zero-order chi connectivity index (χ0) is 26.6. The lowest BCUT2D eigenvalue weighted by Crippen LogP contribution is -2.71. The van der Waals surface area contributed by atoms with E-state index in [1.807, 2.05) is 0 Å². The highest BCUT2D eigenvalue weighted by Gasteiger charge is 2.64. The van der Waals surface area contributed by atoms with Gasteiger partial charge in [0.25, 0.3) is 17.0 Å². The number of thioether (sulfide) groups is 1. The van der Waals surface area contributed by atoms with Gasteiger partial charge in [-0.05, 0) is 42.3 Å². The summed E-state index contributed by atoms with van der Waals surface area (Å²) in [6, 6.07) is 0.849. The molecule has 4 N–H and O–H groups in total. The van der Waals surface area contributed by atoms with Crippen molar-refractivity contribution >= 4 is 52.4 Å². The molecular weight excluding hydrogens is 524 g/mol. The van der Waals surface area contributed by atoms with Crippen LogP contribution in [0.25, 0.3) is 5.65 Å². The lowest BCUT2D eigenvalue weighted by atomic mass is 9.95. The van der Waals surface area contributed by atoms with Gasteiger partial charge in [0.05, 0.1) is 0 Å². The minimum Gasteiger partial charge on any atom is -0.480 e. The number of carbonyl (C=O) groups excluding carboxylic acids is 3. The largest absolute Gasteiger partial charge is 0.480 e. The van der Waals surface area contributed by atoms with Crippen LogP contribution in [0.2, 0.25) is 0 Å². The van der Waals surface area contributed by atoms with E-state index in [1.54, 1.807) is 30.7 Å². The number of amides is 3. The molecule has 5 rings (SSSR count). The molecule has 0 aliphatic carbocycles. The molecule has 37 heavy (non-hydrogen) atoms. The van der Waals surface area contributed by atoms with Gasteiger partial charge in [0.2, 0.25) is 11.8 Å². The average Bonchev–Trinajstić information content (AvgIpc) is 3.45. The van der Waals surface area contributed by atoms with E-state index < -0.39 is 68.6 Å². The van der Waals surface area contributed by atoms with Crippen LogP contribution in [0.5, 0.6) is 0 Å². The van der Waals surface area contributed by atoms with Crippen LogP contribution in [0.3, 0.4) is 0 Å². The highest BCUT2D eigenvalue weighted by Crippen LogP contribution is 2.50. The molecule has 3 aromatic heterocycles. The van der Waals surface area contributed by atoms with Crippen LogP contribution in [0.1, 0.15) is 35.8 Å². The number of fused-ring (bicyclic) bond motifs is 2. The fourth-order valence-corrected chi connectivity index (χ4v) is 6.79. The van der Waals surface area contributed by atoms with Crippen molar-refractivity contribution in [3.05, 3.63) is 67.0 Å². The van der Waals surface area contributed by atoms with Crippen LogP contribution in [-0.4, -0.2) is 70.5 Å². The minimum absolute atomic E-state index is 0.123. The number of thiophene rings is 1. The summed E-state index contributed by atoms with van der Waals surface area (Å²) in [7, 11) is 0. The lowest BCUT2D eigenvalue weighted by Gasteiger charge is -2.43. The Kier molecular flexibility index (Phi) is 5.91. The SMILES string of the molecule is CC1(C)S[C@@H]2[C@H](NC(=O)C(NC(=O)c3cnc4ccc(=O)[nH]n4c3=O)c3ccsc3)C(=O)N2[C@H]1C(=O)O. The molecule has 5 heterocycles. The number of carbonyl (C=O) groups is 4. The lowest BCUT2D eigenvalue weighted by molar-refractivity contribution is -0.161. The molecular formula is C22H20N6O7S2. The number of β-lactam (4-membered cyclic amide) rings is 1. The molecule has 2 aliphatic heterocycles. The summed E-state index contributed by atoms with van der Waals surface area (Å²) in [6.45, 7) is 3.44. The zero-order valence-corrected chi connectivity index (χ0v) is 21.0. The quantitative estimate of drug-likeness (QED) is 0.299. The Hall–Kier alpha value is -3.98. The van der Waals surface area contributed by atoms with Crippen molar-refractivity contribution in [2.75, 3.05) is 0 Å². The average molecular weight is 545 g/mol. The number of aromatic amines is 1. The van der Waals surface area contributed by atoms with Gasteiger partial charge >= 0.3 is 5.97 Å². The summed E-state index contributed by atoms with van der Waals surface area (Å²) in [5.41, 5.74) is -1.27. The van der Waals surface area contributed by atoms with Gasteiger partial charge in [-0.1, -0.05) is 0 Å². The molecule has 2 fully saturated rings. The second-order valence-electron chi connectivity index (χ2n) is 9.03. The number of H-pyrrole nitrogens is 1. The van der Waals surface area contributed by atoms with Crippen LogP contribution < -0.4 is 21.8 Å². The van der Waals surface area contributed by atoms with Crippen molar-refractivity contribution in [2.24, 2.45) is 0 Å². The Balaban J connectivity index is 1.39. The predicted octanol–water partition coefficient (Wildman–Crippen LogP) is -0.453. The standard InChI is InChI=1S/C22H20N6O7S2/c1-22(2)15(21(34)35)27-19(33)14(20(27)37-22)25-17(31)13(9-5-6-36-8-9)24-16(30)10-7-23-11-3-4-12(29)26-28(11)18(10)32/h3-8,13-15,20H,1-2H3,(H,24,30)(H,25,31)(H,26,29)(H,34,35)/t13?,14-,15+,20-/m1/s1. The summed E-state index contributed by atoms with van der Waals surface area (Å²) < 4.78 is 0.0648. The molecule has 0 spiro atoms. The van der Waals surface area contributed by atoms with Crippen molar-refractivity contribution in [1.82, 2.24) is 30.1 Å². The smallest absolute Gasteiger partial charge is 0.327 e. The number of nitrogens with one attached hydrogen (secondary N) is 3. The van der Waals surface area contributed by atoms with E-state index in [0.29, 0.717) is 5.56 Å². The second kappa shape index (κ2) is 8.85. The number of hydrogen-bond donors (Lipinski definition) is 4. The monoisotopic (exact) mass is 544 g/mol. The normalized spacial score (nSPS) is 22.7. The second-order valence-corrected chi connectivity index (χ2v) is 11.6. The van der Waals surface area contributed by atoms with E-state index in [1.165, 1.54) is 40.1 Å². The molecule has 0 saturated carbocycles. The Morgan fingerprint density at radius 1 is 1.19 bits per heavy atom. The van der Waals surface area contributed by atoms with Gasteiger partial charge in [-0.25, -0.2) is 9.78 Å². The van der Waals surface area contributed by atoms with Crippen molar-refractivity contribution in [1.29, 1.82) is 0 Å². The van der Waals surface area contributed by atoms with Gasteiger partial charge in [0.1, 0.15) is 29.1 Å². The molecule has 15 heteroatoms. The number of rotatable bonds is 6. The van der Waals surface area contributed by atoms with E-state index in [0.717, 1.165) is 10.7 Å². The van der Waals surface area contributed by atoms with Crippen LogP contribution in [0.15, 0.2) is 44.7 Å². The Morgan fingerprint density at radius 2 is 1.95 bits per heavy atom. The summed E-state index contributed by atoms with van der Waals surface area (Å²) in [4.78, 5) is 80.6. The number of aliphatic carboxylic acids is 1. The first-order valence-electron chi connectivity index (χ1n) is 11.0. The van der Waals surface area contributed by atoms with Crippen molar-refractivity contribution < 1.29 is 24.3 Å². The molecule has 2 aliphatic rings. The van der Waals surface area contributed by atoms with Crippen LogP contribution >= 0.6 is 23.1 Å². The maximum absolute atomic E-state index is 13.3. The third kappa shape index (κ3) is 4.09. The number of carboxylic acids is 1. The molecule has 13 nitrogen and oxygen atoms in total. The van der Waals surface area contributed by atoms with Gasteiger partial charge in [-0.3, -0.25) is 29.1 Å². The first kappa shape index (κ1) is 24.7. The number of nitrogens with zero attached hydrogens (tertiary/aromatic N) is 3. The van der Waals surface area contributed by atoms with Gasteiger partial charge in [-0.15, -0.1) is 11.8 Å². The minimum atomic E-state index is -1.26. The first-order chi connectivity index (χ1) is 17.5. The fraction of sp³-hybridized carbons (Fsp3) is 0.318. The van der Waals surface area contributed by atoms with Crippen molar-refractivity contribution in [3.8, 4) is 0 Å². The molecule has 4 atom stereocenters. The third-order valence-electron chi connectivity index (χ3n) is 6.23. The van der Waals surface area contributed by atoms with Crippen molar-refractivity contribution in [3.63, 3.8) is 0 Å². The van der Waals surface area contributed by atoms with Crippen LogP contribution in [-0.2, 0) is 14.4 Å².